The molecular formula is C21H32N4O2. The predicted octanol–water partition coefficient (Wildman–Crippen LogP) is 3.32. The molecule has 3 rings (SSSR count). The Hall–Kier alpha value is -2.11. The fourth-order valence-corrected chi connectivity index (χ4v) is 3.51. The van der Waals surface area contributed by atoms with E-state index in [1.807, 2.05) is 6.07 Å². The molecule has 1 aromatic rings. The Morgan fingerprint density at radius 1 is 1.37 bits per heavy atom. The van der Waals surface area contributed by atoms with Crippen LogP contribution >= 0.6 is 0 Å². The third kappa shape index (κ3) is 5.68. The van der Waals surface area contributed by atoms with Gasteiger partial charge >= 0.3 is 0 Å². The molecule has 0 bridgehead atoms. The van der Waals surface area contributed by atoms with Crippen LogP contribution in [0.2, 0.25) is 0 Å². The summed E-state index contributed by atoms with van der Waals surface area (Å²) in [7, 11) is 0. The van der Waals surface area contributed by atoms with Gasteiger partial charge in [0.05, 0.1) is 18.8 Å². The molecule has 1 saturated heterocycles. The predicted molar refractivity (Wildman–Crippen MR) is 109 cm³/mol. The SMILES string of the molecule is C=NC[C@H](CC(C)C)NC(=O)c1ccc(N2CCCC2)c(OCC2CC2)n1. The first-order chi connectivity index (χ1) is 13.1. The van der Waals surface area contributed by atoms with Crippen molar-refractivity contribution in [2.75, 3.05) is 31.1 Å². The largest absolute Gasteiger partial charge is 0.476 e. The number of carbonyl (C=O) groups excluding carboxylic acids is 1. The van der Waals surface area contributed by atoms with E-state index in [9.17, 15) is 4.79 Å². The highest BCUT2D eigenvalue weighted by atomic mass is 16.5. The van der Waals surface area contributed by atoms with Crippen molar-refractivity contribution in [3.05, 3.63) is 17.8 Å². The molecule has 1 aromatic heterocycles. The lowest BCUT2D eigenvalue weighted by molar-refractivity contribution is 0.0927. The van der Waals surface area contributed by atoms with E-state index in [2.05, 4.69) is 40.8 Å². The standard InChI is InChI=1S/C21H32N4O2/c1-15(2)12-17(13-22-3)23-20(26)18-8-9-19(25-10-4-5-11-25)21(24-18)27-14-16-6-7-16/h8-9,15-17H,3-7,10-14H2,1-2H3,(H,23,26)/t17-/m0/s1. The third-order valence-electron chi connectivity index (χ3n) is 5.11. The van der Waals surface area contributed by atoms with Crippen molar-refractivity contribution in [3.8, 4) is 5.88 Å². The summed E-state index contributed by atoms with van der Waals surface area (Å²) in [5.41, 5.74) is 1.41. The number of nitrogens with one attached hydrogen (secondary N) is 1. The van der Waals surface area contributed by atoms with Gasteiger partial charge < -0.3 is 15.0 Å². The number of nitrogens with zero attached hydrogens (tertiary/aromatic N) is 3. The van der Waals surface area contributed by atoms with E-state index in [4.69, 9.17) is 4.74 Å². The van der Waals surface area contributed by atoms with E-state index in [-0.39, 0.29) is 11.9 Å². The number of aliphatic imine (C=N–C) groups is 1. The lowest BCUT2D eigenvalue weighted by atomic mass is 10.0. The monoisotopic (exact) mass is 372 g/mol. The lowest BCUT2D eigenvalue weighted by Gasteiger charge is -2.22. The smallest absolute Gasteiger partial charge is 0.270 e. The quantitative estimate of drug-likeness (QED) is 0.640. The number of pyridine rings is 1. The van der Waals surface area contributed by atoms with E-state index < -0.39 is 0 Å². The van der Waals surface area contributed by atoms with Gasteiger partial charge in [0.25, 0.3) is 5.91 Å². The topological polar surface area (TPSA) is 66.8 Å². The normalized spacial score (nSPS) is 17.8. The molecule has 6 heteroatoms. The Morgan fingerprint density at radius 2 is 2.11 bits per heavy atom. The first kappa shape index (κ1) is 19.6. The van der Waals surface area contributed by atoms with Gasteiger partial charge in [0.2, 0.25) is 5.88 Å². The molecule has 1 aliphatic carbocycles. The van der Waals surface area contributed by atoms with Gasteiger partial charge in [-0.05, 0) is 62.8 Å². The van der Waals surface area contributed by atoms with Crippen LogP contribution in [0.3, 0.4) is 0 Å². The van der Waals surface area contributed by atoms with Crippen molar-refractivity contribution in [2.24, 2.45) is 16.8 Å². The van der Waals surface area contributed by atoms with Crippen LogP contribution in [0.1, 0.15) is 56.4 Å². The zero-order valence-electron chi connectivity index (χ0n) is 16.6. The average molecular weight is 373 g/mol. The van der Waals surface area contributed by atoms with E-state index in [1.165, 1.54) is 25.7 Å². The first-order valence-electron chi connectivity index (χ1n) is 10.2. The minimum Gasteiger partial charge on any atom is -0.476 e. The van der Waals surface area contributed by atoms with Crippen LogP contribution in [0.25, 0.3) is 0 Å². The Morgan fingerprint density at radius 3 is 2.74 bits per heavy atom. The van der Waals surface area contributed by atoms with Gasteiger partial charge in [-0.2, -0.15) is 0 Å². The van der Waals surface area contributed by atoms with Crippen molar-refractivity contribution in [3.63, 3.8) is 0 Å². The van der Waals surface area contributed by atoms with Crippen LogP contribution in [-0.4, -0.2) is 49.9 Å². The van der Waals surface area contributed by atoms with Gasteiger partial charge in [0.1, 0.15) is 5.69 Å². The molecule has 0 spiro atoms. The van der Waals surface area contributed by atoms with Crippen LogP contribution in [-0.2, 0) is 0 Å². The fourth-order valence-electron chi connectivity index (χ4n) is 3.51. The summed E-state index contributed by atoms with van der Waals surface area (Å²) in [5, 5.41) is 3.05. The van der Waals surface area contributed by atoms with Crippen LogP contribution in [0.15, 0.2) is 17.1 Å². The van der Waals surface area contributed by atoms with Crippen molar-refractivity contribution in [2.45, 2.75) is 52.0 Å². The van der Waals surface area contributed by atoms with Gasteiger partial charge in [-0.25, -0.2) is 4.98 Å². The van der Waals surface area contributed by atoms with E-state index in [1.54, 1.807) is 6.07 Å². The molecule has 1 N–H and O–H groups in total. The van der Waals surface area contributed by atoms with Gasteiger partial charge in [-0.3, -0.25) is 9.79 Å². The molecule has 6 nitrogen and oxygen atoms in total. The van der Waals surface area contributed by atoms with Gasteiger partial charge in [-0.15, -0.1) is 0 Å². The number of hydrogen-bond donors (Lipinski definition) is 1. The second kappa shape index (κ2) is 9.20. The van der Waals surface area contributed by atoms with Crippen molar-refractivity contribution in [1.82, 2.24) is 10.3 Å². The second-order valence-corrected chi connectivity index (χ2v) is 8.18. The highest BCUT2D eigenvalue weighted by molar-refractivity contribution is 5.93. The summed E-state index contributed by atoms with van der Waals surface area (Å²) in [4.78, 5) is 23.6. The maximum atomic E-state index is 12.7. The highest BCUT2D eigenvalue weighted by Gasteiger charge is 2.25. The Balaban J connectivity index is 1.73. The number of carbonyl (C=O) groups is 1. The van der Waals surface area contributed by atoms with Crippen molar-refractivity contribution < 1.29 is 9.53 Å². The van der Waals surface area contributed by atoms with Crippen LogP contribution < -0.4 is 15.0 Å². The molecule has 1 aliphatic heterocycles. The van der Waals surface area contributed by atoms with Gasteiger partial charge in [-0.1, -0.05) is 13.8 Å². The summed E-state index contributed by atoms with van der Waals surface area (Å²) < 4.78 is 6.02. The van der Waals surface area contributed by atoms with E-state index in [0.717, 1.165) is 25.2 Å². The van der Waals surface area contributed by atoms with Crippen LogP contribution in [0.4, 0.5) is 5.69 Å². The summed E-state index contributed by atoms with van der Waals surface area (Å²) in [6.07, 6.45) is 5.70. The number of rotatable bonds is 10. The third-order valence-corrected chi connectivity index (χ3v) is 5.11. The molecule has 0 radical (unpaired) electrons. The average Bonchev–Trinajstić information content (AvgIpc) is 3.31. The van der Waals surface area contributed by atoms with Gasteiger partial charge in [0, 0.05) is 19.1 Å². The van der Waals surface area contributed by atoms with Crippen molar-refractivity contribution >= 4 is 18.3 Å². The molecule has 0 unspecified atom stereocenters. The maximum absolute atomic E-state index is 12.7. The molecule has 27 heavy (non-hydrogen) atoms. The van der Waals surface area contributed by atoms with E-state index >= 15 is 0 Å². The minimum absolute atomic E-state index is 0.0223. The van der Waals surface area contributed by atoms with Crippen LogP contribution in [0, 0.1) is 11.8 Å². The molecule has 2 fully saturated rings. The van der Waals surface area contributed by atoms with Crippen LogP contribution in [0.5, 0.6) is 5.88 Å². The number of hydrogen-bond acceptors (Lipinski definition) is 5. The van der Waals surface area contributed by atoms with Gasteiger partial charge in [0.15, 0.2) is 0 Å². The zero-order chi connectivity index (χ0) is 19.2. The Bertz CT molecular complexity index is 652. The first-order valence-corrected chi connectivity index (χ1v) is 10.2. The highest BCUT2D eigenvalue weighted by Crippen LogP contribution is 2.33. The molecule has 2 heterocycles. The summed E-state index contributed by atoms with van der Waals surface area (Å²) in [5.74, 6) is 1.54. The second-order valence-electron chi connectivity index (χ2n) is 8.18. The minimum atomic E-state index is -0.173. The molecular weight excluding hydrogens is 340 g/mol. The maximum Gasteiger partial charge on any atom is 0.270 e. The fraction of sp³-hybridized carbons (Fsp3) is 0.667. The number of amides is 1. The van der Waals surface area contributed by atoms with Crippen molar-refractivity contribution in [1.29, 1.82) is 0 Å². The number of anilines is 1. The summed E-state index contributed by atoms with van der Waals surface area (Å²) in [6.45, 7) is 11.1. The molecule has 0 aromatic carbocycles. The molecule has 1 saturated carbocycles. The Labute approximate surface area is 162 Å². The number of ether oxygens (including phenoxy) is 1. The zero-order valence-corrected chi connectivity index (χ0v) is 16.6. The molecule has 148 valence electrons. The Kier molecular flexibility index (Phi) is 6.69. The van der Waals surface area contributed by atoms with E-state index in [0.29, 0.717) is 36.6 Å². The lowest BCUT2D eigenvalue weighted by Crippen LogP contribution is -2.38. The molecule has 1 amide bonds. The molecule has 2 aliphatic rings. The summed E-state index contributed by atoms with van der Waals surface area (Å²) in [6, 6.07) is 3.77. The number of aromatic nitrogens is 1. The molecule has 1 atom stereocenters. The summed E-state index contributed by atoms with van der Waals surface area (Å²) >= 11 is 0.